The highest BCUT2D eigenvalue weighted by atomic mass is 16.5. The Labute approximate surface area is 87.5 Å². The average Bonchev–Trinajstić information content (AvgIpc) is 2.63. The molecule has 1 aliphatic rings. The van der Waals surface area contributed by atoms with E-state index in [-0.39, 0.29) is 0 Å². The number of hydrogen-bond acceptors (Lipinski definition) is 6. The van der Waals surface area contributed by atoms with Crippen molar-refractivity contribution in [1.82, 2.24) is 9.97 Å². The van der Waals surface area contributed by atoms with Gasteiger partial charge in [-0.25, -0.2) is 9.97 Å². The van der Waals surface area contributed by atoms with E-state index < -0.39 is 5.60 Å². The molecular formula is C9H14N4O2. The Balaban J connectivity index is 1.92. The maximum absolute atomic E-state index is 9.96. The van der Waals surface area contributed by atoms with Crippen molar-refractivity contribution in [3.8, 4) is 0 Å². The fraction of sp³-hybridized carbons (Fsp3) is 0.556. The summed E-state index contributed by atoms with van der Waals surface area (Å²) in [5, 5.41) is 13.0. The van der Waals surface area contributed by atoms with Gasteiger partial charge >= 0.3 is 0 Å². The topological polar surface area (TPSA) is 93.3 Å². The molecule has 82 valence electrons. The Morgan fingerprint density at radius 3 is 3.13 bits per heavy atom. The molecule has 0 saturated carbocycles. The van der Waals surface area contributed by atoms with Crippen LogP contribution in [0.1, 0.15) is 6.42 Å². The smallest absolute Gasteiger partial charge is 0.131 e. The zero-order chi connectivity index (χ0) is 10.7. The van der Waals surface area contributed by atoms with Crippen molar-refractivity contribution in [2.45, 2.75) is 12.0 Å². The summed E-state index contributed by atoms with van der Waals surface area (Å²) in [6.45, 7) is 1.37. The monoisotopic (exact) mass is 210 g/mol. The van der Waals surface area contributed by atoms with Gasteiger partial charge in [0.1, 0.15) is 23.6 Å². The number of nitrogens with zero attached hydrogens (tertiary/aromatic N) is 2. The lowest BCUT2D eigenvalue weighted by atomic mass is 10.0. The van der Waals surface area contributed by atoms with E-state index in [4.69, 9.17) is 10.5 Å². The first-order chi connectivity index (χ1) is 7.18. The standard InChI is InChI=1S/C9H14N4O2/c10-7-3-8(13-6-12-7)11-4-9(14)1-2-15-5-9/h3,6,14H,1-2,4-5H2,(H3,10,11,12,13). The minimum absolute atomic E-state index is 0.362. The van der Waals surface area contributed by atoms with Crippen LogP contribution in [0, 0.1) is 0 Å². The van der Waals surface area contributed by atoms with E-state index in [1.54, 1.807) is 6.07 Å². The summed E-state index contributed by atoms with van der Waals surface area (Å²) in [5.74, 6) is 1.02. The molecule has 1 aromatic rings. The first kappa shape index (κ1) is 10.1. The molecule has 0 aliphatic carbocycles. The lowest BCUT2D eigenvalue weighted by Crippen LogP contribution is -2.37. The number of nitrogens with two attached hydrogens (primary N) is 1. The second kappa shape index (κ2) is 4.00. The summed E-state index contributed by atoms with van der Waals surface area (Å²) >= 11 is 0. The molecule has 2 rings (SSSR count). The SMILES string of the molecule is Nc1cc(NCC2(O)CCOC2)ncn1. The second-order valence-corrected chi connectivity index (χ2v) is 3.71. The van der Waals surface area contributed by atoms with Gasteiger partial charge in [-0.15, -0.1) is 0 Å². The molecule has 6 nitrogen and oxygen atoms in total. The van der Waals surface area contributed by atoms with E-state index in [1.807, 2.05) is 0 Å². The van der Waals surface area contributed by atoms with E-state index >= 15 is 0 Å². The van der Waals surface area contributed by atoms with Gasteiger partial charge in [0, 0.05) is 25.6 Å². The van der Waals surface area contributed by atoms with Crippen molar-refractivity contribution in [1.29, 1.82) is 0 Å². The van der Waals surface area contributed by atoms with Crippen LogP contribution in [0.5, 0.6) is 0 Å². The maximum Gasteiger partial charge on any atom is 0.131 e. The van der Waals surface area contributed by atoms with Crippen LogP contribution >= 0.6 is 0 Å². The summed E-state index contributed by atoms with van der Waals surface area (Å²) in [5.41, 5.74) is 4.71. The van der Waals surface area contributed by atoms with E-state index in [1.165, 1.54) is 6.33 Å². The molecule has 1 fully saturated rings. The minimum atomic E-state index is -0.792. The van der Waals surface area contributed by atoms with Crippen LogP contribution in [-0.2, 0) is 4.74 Å². The molecular weight excluding hydrogens is 196 g/mol. The number of ether oxygens (including phenoxy) is 1. The summed E-state index contributed by atoms with van der Waals surface area (Å²) < 4.78 is 5.12. The van der Waals surface area contributed by atoms with Crippen molar-refractivity contribution in [3.05, 3.63) is 12.4 Å². The highest BCUT2D eigenvalue weighted by Gasteiger charge is 2.31. The van der Waals surface area contributed by atoms with Gasteiger partial charge in [0.05, 0.1) is 6.61 Å². The van der Waals surface area contributed by atoms with E-state index in [0.717, 1.165) is 0 Å². The fourth-order valence-corrected chi connectivity index (χ4v) is 1.46. The van der Waals surface area contributed by atoms with E-state index in [2.05, 4.69) is 15.3 Å². The Morgan fingerprint density at radius 2 is 2.47 bits per heavy atom. The largest absolute Gasteiger partial charge is 0.386 e. The molecule has 4 N–H and O–H groups in total. The summed E-state index contributed by atoms with van der Waals surface area (Å²) in [6.07, 6.45) is 2.02. The molecule has 1 atom stereocenters. The average molecular weight is 210 g/mol. The molecule has 0 aromatic carbocycles. The van der Waals surface area contributed by atoms with E-state index in [9.17, 15) is 5.11 Å². The van der Waals surface area contributed by atoms with Crippen molar-refractivity contribution in [2.75, 3.05) is 30.8 Å². The van der Waals surface area contributed by atoms with Gasteiger partial charge in [-0.3, -0.25) is 0 Å². The third-order valence-electron chi connectivity index (χ3n) is 2.37. The number of nitrogens with one attached hydrogen (secondary N) is 1. The predicted octanol–water partition coefficient (Wildman–Crippen LogP) is -0.378. The summed E-state index contributed by atoms with van der Waals surface area (Å²) in [6, 6.07) is 1.62. The molecule has 0 bridgehead atoms. The van der Waals surface area contributed by atoms with Gasteiger partial charge in [0.2, 0.25) is 0 Å². The van der Waals surface area contributed by atoms with Crippen LogP contribution in [0.2, 0.25) is 0 Å². The number of nitrogen functional groups attached to an aromatic ring is 1. The van der Waals surface area contributed by atoms with Crippen LogP contribution in [0.3, 0.4) is 0 Å². The van der Waals surface area contributed by atoms with Crippen molar-refractivity contribution in [3.63, 3.8) is 0 Å². The molecule has 0 amide bonds. The molecule has 0 radical (unpaired) electrons. The number of aromatic nitrogens is 2. The highest BCUT2D eigenvalue weighted by molar-refractivity contribution is 5.43. The Hall–Kier alpha value is -1.40. The van der Waals surface area contributed by atoms with Gasteiger partial charge in [0.25, 0.3) is 0 Å². The number of hydrogen-bond donors (Lipinski definition) is 3. The van der Waals surface area contributed by atoms with Crippen molar-refractivity contribution in [2.24, 2.45) is 0 Å². The zero-order valence-corrected chi connectivity index (χ0v) is 8.31. The summed E-state index contributed by atoms with van der Waals surface area (Å²) in [7, 11) is 0. The number of rotatable bonds is 3. The van der Waals surface area contributed by atoms with Crippen LogP contribution in [-0.4, -0.2) is 40.4 Å². The van der Waals surface area contributed by atoms with Crippen molar-refractivity contribution >= 4 is 11.6 Å². The lowest BCUT2D eigenvalue weighted by Gasteiger charge is -2.20. The quantitative estimate of drug-likeness (QED) is 0.630. The summed E-state index contributed by atoms with van der Waals surface area (Å²) in [4.78, 5) is 7.75. The third kappa shape index (κ3) is 2.54. The molecule has 6 heteroatoms. The zero-order valence-electron chi connectivity index (χ0n) is 8.31. The van der Waals surface area contributed by atoms with E-state index in [0.29, 0.717) is 37.8 Å². The number of anilines is 2. The van der Waals surface area contributed by atoms with Gasteiger partial charge < -0.3 is 20.9 Å². The first-order valence-corrected chi connectivity index (χ1v) is 4.79. The predicted molar refractivity (Wildman–Crippen MR) is 55.3 cm³/mol. The highest BCUT2D eigenvalue weighted by Crippen LogP contribution is 2.18. The molecule has 1 aliphatic heterocycles. The lowest BCUT2D eigenvalue weighted by molar-refractivity contribution is 0.0381. The fourth-order valence-electron chi connectivity index (χ4n) is 1.46. The van der Waals surface area contributed by atoms with Crippen LogP contribution in [0.4, 0.5) is 11.6 Å². The molecule has 1 unspecified atom stereocenters. The van der Waals surface area contributed by atoms with Crippen LogP contribution in [0.25, 0.3) is 0 Å². The first-order valence-electron chi connectivity index (χ1n) is 4.79. The Morgan fingerprint density at radius 1 is 1.60 bits per heavy atom. The van der Waals surface area contributed by atoms with Crippen molar-refractivity contribution < 1.29 is 9.84 Å². The Kier molecular flexibility index (Phi) is 2.70. The van der Waals surface area contributed by atoms with Crippen LogP contribution < -0.4 is 11.1 Å². The number of aliphatic hydroxyl groups is 1. The molecule has 1 aromatic heterocycles. The van der Waals surface area contributed by atoms with Gasteiger partial charge in [-0.05, 0) is 0 Å². The molecule has 15 heavy (non-hydrogen) atoms. The van der Waals surface area contributed by atoms with Crippen LogP contribution in [0.15, 0.2) is 12.4 Å². The molecule has 2 heterocycles. The van der Waals surface area contributed by atoms with Gasteiger partial charge in [0.15, 0.2) is 0 Å². The normalized spacial score (nSPS) is 25.4. The van der Waals surface area contributed by atoms with Gasteiger partial charge in [-0.1, -0.05) is 0 Å². The second-order valence-electron chi connectivity index (χ2n) is 3.71. The van der Waals surface area contributed by atoms with Gasteiger partial charge in [-0.2, -0.15) is 0 Å². The molecule has 0 spiro atoms. The minimum Gasteiger partial charge on any atom is -0.386 e. The Bertz CT molecular complexity index is 339. The maximum atomic E-state index is 9.96. The molecule has 1 saturated heterocycles. The third-order valence-corrected chi connectivity index (χ3v) is 2.37.